The Bertz CT molecular complexity index is 309. The number of halogens is 2. The third-order valence-electron chi connectivity index (χ3n) is 1.76. The molecule has 78 valence electrons. The van der Waals surface area contributed by atoms with Gasteiger partial charge in [0.1, 0.15) is 17.5 Å². The number of likely N-dealkylation sites (N-methyl/N-ethyl adjacent to an activating group) is 1. The van der Waals surface area contributed by atoms with E-state index in [0.717, 1.165) is 4.47 Å². The quantitative estimate of drug-likeness (QED) is 0.860. The van der Waals surface area contributed by atoms with E-state index in [4.69, 9.17) is 16.3 Å². The smallest absolute Gasteiger partial charge is 0.143 e. The monoisotopic (exact) mass is 278 g/mol. The summed E-state index contributed by atoms with van der Waals surface area (Å²) in [7, 11) is 1.89. The van der Waals surface area contributed by atoms with Gasteiger partial charge in [0, 0.05) is 6.04 Å². The van der Waals surface area contributed by atoms with Crippen molar-refractivity contribution in [2.24, 2.45) is 0 Å². The van der Waals surface area contributed by atoms with Crippen molar-refractivity contribution in [3.8, 4) is 5.75 Å². The Morgan fingerprint density at radius 3 is 3.00 bits per heavy atom. The van der Waals surface area contributed by atoms with E-state index in [2.05, 4.69) is 26.2 Å². The van der Waals surface area contributed by atoms with Crippen molar-refractivity contribution in [1.29, 1.82) is 0 Å². The average Bonchev–Trinajstić information content (AvgIpc) is 2.19. The van der Waals surface area contributed by atoms with Crippen LogP contribution >= 0.6 is 27.5 Å². The lowest BCUT2D eigenvalue weighted by molar-refractivity contribution is 0.279. The molecule has 0 aliphatic heterocycles. The van der Waals surface area contributed by atoms with Crippen LogP contribution in [0.3, 0.4) is 0 Å². The van der Waals surface area contributed by atoms with Gasteiger partial charge in [-0.1, -0.05) is 11.6 Å². The van der Waals surface area contributed by atoms with Crippen LogP contribution in [0.5, 0.6) is 5.75 Å². The number of hydrogen-bond donors (Lipinski definition) is 1. The second-order valence-corrected chi connectivity index (χ2v) is 4.16. The third-order valence-corrected chi connectivity index (χ3v) is 2.90. The second kappa shape index (κ2) is 5.53. The number of nitrogens with zero attached hydrogens (tertiary/aromatic N) is 1. The Labute approximate surface area is 96.9 Å². The minimum absolute atomic E-state index is 0.310. The predicted octanol–water partition coefficient (Wildman–Crippen LogP) is 2.48. The molecule has 1 rings (SSSR count). The first-order chi connectivity index (χ1) is 6.63. The van der Waals surface area contributed by atoms with Crippen LogP contribution in [0.4, 0.5) is 0 Å². The second-order valence-electron chi connectivity index (χ2n) is 2.94. The lowest BCUT2D eigenvalue weighted by atomic mass is 10.4. The number of rotatable bonds is 4. The average molecular weight is 280 g/mol. The van der Waals surface area contributed by atoms with Crippen LogP contribution in [0.15, 0.2) is 16.7 Å². The van der Waals surface area contributed by atoms with Crippen LogP contribution in [-0.4, -0.2) is 24.7 Å². The van der Waals surface area contributed by atoms with E-state index in [1.165, 1.54) is 0 Å². The number of nitrogens with one attached hydrogen (secondary N) is 1. The maximum Gasteiger partial charge on any atom is 0.143 e. The molecule has 0 aromatic carbocycles. The van der Waals surface area contributed by atoms with Crippen molar-refractivity contribution >= 4 is 27.5 Å². The van der Waals surface area contributed by atoms with E-state index in [1.54, 1.807) is 12.3 Å². The van der Waals surface area contributed by atoms with Crippen LogP contribution in [0.1, 0.15) is 6.92 Å². The van der Waals surface area contributed by atoms with Gasteiger partial charge in [0.05, 0.1) is 10.7 Å². The molecule has 1 aromatic heterocycles. The molecule has 5 heteroatoms. The molecule has 0 saturated carbocycles. The summed E-state index contributed by atoms with van der Waals surface area (Å²) in [5.41, 5.74) is 0. The van der Waals surface area contributed by atoms with E-state index in [0.29, 0.717) is 23.6 Å². The summed E-state index contributed by atoms with van der Waals surface area (Å²) < 4.78 is 6.23. The Morgan fingerprint density at radius 1 is 1.71 bits per heavy atom. The summed E-state index contributed by atoms with van der Waals surface area (Å²) in [6.45, 7) is 2.64. The molecule has 14 heavy (non-hydrogen) atoms. The van der Waals surface area contributed by atoms with Gasteiger partial charge < -0.3 is 10.1 Å². The van der Waals surface area contributed by atoms with Crippen LogP contribution in [0.2, 0.25) is 5.15 Å². The van der Waals surface area contributed by atoms with E-state index in [1.807, 2.05) is 14.0 Å². The maximum absolute atomic E-state index is 5.74. The highest BCUT2D eigenvalue weighted by atomic mass is 79.9. The standard InChI is InChI=1S/C9H12BrClN2O/c1-6(12-2)5-14-7-3-8(10)9(11)13-4-7/h3-4,6,12H,5H2,1-2H3/t6-/m0/s1. The molecule has 0 aliphatic rings. The molecule has 0 bridgehead atoms. The summed E-state index contributed by atoms with van der Waals surface area (Å²) in [4.78, 5) is 3.96. The number of pyridine rings is 1. The topological polar surface area (TPSA) is 34.1 Å². The van der Waals surface area contributed by atoms with Gasteiger partial charge in [0.15, 0.2) is 0 Å². The minimum Gasteiger partial charge on any atom is -0.490 e. The molecule has 3 nitrogen and oxygen atoms in total. The Kier molecular flexibility index (Phi) is 4.65. The fraction of sp³-hybridized carbons (Fsp3) is 0.444. The van der Waals surface area contributed by atoms with Crippen molar-refractivity contribution in [2.75, 3.05) is 13.7 Å². The predicted molar refractivity (Wildman–Crippen MR) is 61.0 cm³/mol. The molecule has 0 fully saturated rings. The van der Waals surface area contributed by atoms with Gasteiger partial charge in [-0.2, -0.15) is 0 Å². The number of ether oxygens (including phenoxy) is 1. The molecular weight excluding hydrogens is 267 g/mol. The van der Waals surface area contributed by atoms with Gasteiger partial charge >= 0.3 is 0 Å². The van der Waals surface area contributed by atoms with E-state index in [-0.39, 0.29) is 0 Å². The van der Waals surface area contributed by atoms with Crippen LogP contribution in [0.25, 0.3) is 0 Å². The Balaban J connectivity index is 2.55. The summed E-state index contributed by atoms with van der Waals surface area (Å²) in [5.74, 6) is 0.711. The first-order valence-corrected chi connectivity index (χ1v) is 5.41. The lowest BCUT2D eigenvalue weighted by Gasteiger charge is -2.11. The van der Waals surface area contributed by atoms with Gasteiger partial charge in [-0.25, -0.2) is 4.98 Å². The first-order valence-electron chi connectivity index (χ1n) is 4.24. The summed E-state index contributed by atoms with van der Waals surface area (Å²) in [6.07, 6.45) is 1.61. The number of aromatic nitrogens is 1. The zero-order valence-electron chi connectivity index (χ0n) is 8.05. The molecule has 0 amide bonds. The number of hydrogen-bond acceptors (Lipinski definition) is 3. The van der Waals surface area contributed by atoms with Crippen LogP contribution in [0, 0.1) is 0 Å². The summed E-state index contributed by atoms with van der Waals surface area (Å²) >= 11 is 9.02. The van der Waals surface area contributed by atoms with Crippen LogP contribution in [-0.2, 0) is 0 Å². The van der Waals surface area contributed by atoms with Crippen LogP contribution < -0.4 is 10.1 Å². The van der Waals surface area contributed by atoms with Crippen molar-refractivity contribution in [3.05, 3.63) is 21.9 Å². The molecule has 0 aliphatic carbocycles. The molecule has 0 unspecified atom stereocenters. The van der Waals surface area contributed by atoms with E-state index >= 15 is 0 Å². The summed E-state index contributed by atoms with van der Waals surface area (Å²) in [6, 6.07) is 2.11. The van der Waals surface area contributed by atoms with Gasteiger partial charge in [0.25, 0.3) is 0 Å². The fourth-order valence-electron chi connectivity index (χ4n) is 0.787. The fourth-order valence-corrected chi connectivity index (χ4v) is 1.22. The molecule has 0 saturated heterocycles. The SMILES string of the molecule is CN[C@@H](C)COc1cnc(Cl)c(Br)c1. The highest BCUT2D eigenvalue weighted by Crippen LogP contribution is 2.24. The largest absolute Gasteiger partial charge is 0.490 e. The maximum atomic E-state index is 5.74. The molecule has 0 radical (unpaired) electrons. The Morgan fingerprint density at radius 2 is 2.43 bits per heavy atom. The van der Waals surface area contributed by atoms with Gasteiger partial charge in [-0.3, -0.25) is 0 Å². The molecule has 1 heterocycles. The van der Waals surface area contributed by atoms with Crippen molar-refractivity contribution < 1.29 is 4.74 Å². The normalized spacial score (nSPS) is 12.6. The molecule has 1 N–H and O–H groups in total. The minimum atomic E-state index is 0.310. The molecule has 0 spiro atoms. The third kappa shape index (κ3) is 3.44. The zero-order valence-corrected chi connectivity index (χ0v) is 10.4. The molecular formula is C9H12BrClN2O. The highest BCUT2D eigenvalue weighted by molar-refractivity contribution is 9.10. The molecule has 1 atom stereocenters. The summed E-state index contributed by atoms with van der Waals surface area (Å²) in [5, 5.41) is 3.52. The van der Waals surface area contributed by atoms with Crippen molar-refractivity contribution in [2.45, 2.75) is 13.0 Å². The Hall–Kier alpha value is -0.320. The van der Waals surface area contributed by atoms with Gasteiger partial charge in [-0.15, -0.1) is 0 Å². The van der Waals surface area contributed by atoms with Crippen molar-refractivity contribution in [3.63, 3.8) is 0 Å². The van der Waals surface area contributed by atoms with E-state index < -0.39 is 0 Å². The highest BCUT2D eigenvalue weighted by Gasteiger charge is 2.03. The zero-order chi connectivity index (χ0) is 10.6. The van der Waals surface area contributed by atoms with E-state index in [9.17, 15) is 0 Å². The molecule has 1 aromatic rings. The van der Waals surface area contributed by atoms with Gasteiger partial charge in [-0.05, 0) is 36.0 Å². The first kappa shape index (κ1) is 11.8. The van der Waals surface area contributed by atoms with Gasteiger partial charge in [0.2, 0.25) is 0 Å². The van der Waals surface area contributed by atoms with Crippen molar-refractivity contribution in [1.82, 2.24) is 10.3 Å². The lowest BCUT2D eigenvalue weighted by Crippen LogP contribution is -2.28.